The van der Waals surface area contributed by atoms with E-state index < -0.39 is 8.32 Å². The fourth-order valence-electron chi connectivity index (χ4n) is 3.53. The second-order valence-corrected chi connectivity index (χ2v) is 21.1. The average molecular weight is 680 g/mol. The van der Waals surface area contributed by atoms with E-state index in [1.807, 2.05) is 29.8 Å². The van der Waals surface area contributed by atoms with Gasteiger partial charge in [0.25, 0.3) is 0 Å². The minimum Gasteiger partial charge on any atom is -0.414 e. The van der Waals surface area contributed by atoms with Crippen LogP contribution < -0.4 is 0 Å². The lowest BCUT2D eigenvalue weighted by atomic mass is 10.2. The number of aromatic nitrogens is 3. The summed E-state index contributed by atoms with van der Waals surface area (Å²) >= 11 is 2.33. The lowest BCUT2D eigenvalue weighted by Crippen LogP contribution is -2.44. The van der Waals surface area contributed by atoms with Gasteiger partial charge in [-0.3, -0.25) is 0 Å². The van der Waals surface area contributed by atoms with E-state index in [4.69, 9.17) is 13.9 Å². The van der Waals surface area contributed by atoms with Crippen LogP contribution in [0.15, 0.2) is 17.5 Å². The molecule has 0 amide bonds. The Labute approximate surface area is 244 Å². The van der Waals surface area contributed by atoms with E-state index in [0.717, 1.165) is 21.0 Å². The monoisotopic (exact) mass is 679 g/mol. The number of aliphatic imine (C=N–C) groups is 1. The van der Waals surface area contributed by atoms with Crippen molar-refractivity contribution in [1.82, 2.24) is 19.4 Å². The molecular formula is C25H42IN5O3S2Si. The maximum Gasteiger partial charge on any atom is 0.192 e. The van der Waals surface area contributed by atoms with Crippen LogP contribution in [0.25, 0.3) is 11.0 Å². The zero-order valence-electron chi connectivity index (χ0n) is 23.7. The summed E-state index contributed by atoms with van der Waals surface area (Å²) in [7, 11) is 5.54. The minimum atomic E-state index is -1.93. The van der Waals surface area contributed by atoms with Gasteiger partial charge in [-0.1, -0.05) is 63.1 Å². The zero-order chi connectivity index (χ0) is 27.6. The molecule has 1 aliphatic heterocycles. The van der Waals surface area contributed by atoms with Gasteiger partial charge in [-0.2, -0.15) is 0 Å². The summed E-state index contributed by atoms with van der Waals surface area (Å²) < 4.78 is 22.9. The molecule has 0 radical (unpaired) electrons. The molecule has 1 fully saturated rings. The van der Waals surface area contributed by atoms with Crippen LogP contribution in [0, 0.1) is 3.57 Å². The third-order valence-corrected chi connectivity index (χ3v) is 14.8. The molecule has 2 aromatic heterocycles. The van der Waals surface area contributed by atoms with Crippen LogP contribution in [0.5, 0.6) is 0 Å². The summed E-state index contributed by atoms with van der Waals surface area (Å²) in [6.07, 6.45) is 5.72. The van der Waals surface area contributed by atoms with Gasteiger partial charge in [-0.25, -0.2) is 15.0 Å². The van der Waals surface area contributed by atoms with Gasteiger partial charge in [0.15, 0.2) is 14.1 Å². The Balaban J connectivity index is 1.83. The molecule has 0 N–H and O–H groups in total. The van der Waals surface area contributed by atoms with Crippen molar-refractivity contribution in [1.29, 1.82) is 0 Å². The first-order valence-corrected chi connectivity index (χ1v) is 18.8. The molecule has 0 saturated carbocycles. The largest absolute Gasteiger partial charge is 0.414 e. The first-order valence-electron chi connectivity index (χ1n) is 12.5. The van der Waals surface area contributed by atoms with Crippen molar-refractivity contribution in [2.75, 3.05) is 26.6 Å². The van der Waals surface area contributed by atoms with E-state index >= 15 is 0 Å². The topological polar surface area (TPSA) is 74.0 Å². The van der Waals surface area contributed by atoms with Crippen LogP contribution in [0.2, 0.25) is 18.1 Å². The number of ether oxygens (including phenoxy) is 2. The fraction of sp³-hybridized carbons (Fsp3) is 0.720. The van der Waals surface area contributed by atoms with E-state index in [1.165, 1.54) is 0 Å². The van der Waals surface area contributed by atoms with Crippen molar-refractivity contribution in [3.8, 4) is 0 Å². The number of hydrogen-bond donors (Lipinski definition) is 0. The third kappa shape index (κ3) is 8.31. The Morgan fingerprint density at radius 3 is 2.57 bits per heavy atom. The molecule has 3 rings (SSSR count). The Kier molecular flexibility index (Phi) is 10.5. The smallest absolute Gasteiger partial charge is 0.192 e. The van der Waals surface area contributed by atoms with Crippen LogP contribution in [-0.4, -0.2) is 77.7 Å². The van der Waals surface area contributed by atoms with Gasteiger partial charge in [0.1, 0.15) is 30.2 Å². The maximum atomic E-state index is 6.63. The van der Waals surface area contributed by atoms with Crippen molar-refractivity contribution in [2.45, 2.75) is 89.3 Å². The van der Waals surface area contributed by atoms with Crippen molar-refractivity contribution in [2.24, 2.45) is 4.99 Å². The Morgan fingerprint density at radius 2 is 1.95 bits per heavy atom. The molecule has 0 bridgehead atoms. The molecule has 37 heavy (non-hydrogen) atoms. The van der Waals surface area contributed by atoms with Crippen molar-refractivity contribution < 1.29 is 13.9 Å². The standard InChI is InChI=1S/C25H42IN5O3S2Si/c1-24(2,3)36-35-16-32-18-11-20(34-19(18)13-33-37(9,10)25(4,5)6)31-12-17(26)21-22(29-15-30(7)8)27-14-28-23(21)31/h12,14-15,18-20H,11,13,16H2,1-10H3/t18?,19-,20-/m1/s1. The molecule has 8 nitrogen and oxygen atoms in total. The number of halogens is 1. The summed E-state index contributed by atoms with van der Waals surface area (Å²) in [5, 5.41) is 1.06. The van der Waals surface area contributed by atoms with Crippen molar-refractivity contribution in [3.63, 3.8) is 0 Å². The highest BCUT2D eigenvalue weighted by molar-refractivity contribution is 14.1. The van der Waals surface area contributed by atoms with Crippen molar-refractivity contribution >= 4 is 75.7 Å². The lowest BCUT2D eigenvalue weighted by molar-refractivity contribution is -0.0505. The highest BCUT2D eigenvalue weighted by Gasteiger charge is 2.42. The second kappa shape index (κ2) is 12.4. The summed E-state index contributed by atoms with van der Waals surface area (Å²) in [5.41, 5.74) is 0.817. The van der Waals surface area contributed by atoms with E-state index in [1.54, 1.807) is 23.5 Å². The predicted octanol–water partition coefficient (Wildman–Crippen LogP) is 7.09. The van der Waals surface area contributed by atoms with Gasteiger partial charge in [0.2, 0.25) is 0 Å². The van der Waals surface area contributed by atoms with Crippen LogP contribution in [-0.2, 0) is 13.9 Å². The average Bonchev–Trinajstić information content (AvgIpc) is 3.33. The quantitative estimate of drug-likeness (QED) is 0.0502. The van der Waals surface area contributed by atoms with Gasteiger partial charge < -0.3 is 23.4 Å². The molecule has 1 unspecified atom stereocenters. The Morgan fingerprint density at radius 1 is 1.24 bits per heavy atom. The molecule has 208 valence electrons. The first kappa shape index (κ1) is 31.1. The number of nitrogens with zero attached hydrogens (tertiary/aromatic N) is 5. The minimum absolute atomic E-state index is 0.0639. The van der Waals surface area contributed by atoms with Crippen LogP contribution in [0.4, 0.5) is 5.82 Å². The van der Waals surface area contributed by atoms with Gasteiger partial charge >= 0.3 is 0 Å². The Hall–Kier alpha value is -0.383. The number of fused-ring (bicyclic) bond motifs is 1. The summed E-state index contributed by atoms with van der Waals surface area (Å²) in [5.74, 6) is 1.26. The summed E-state index contributed by atoms with van der Waals surface area (Å²) in [6.45, 7) is 18.5. The molecule has 1 aliphatic rings. The highest BCUT2D eigenvalue weighted by Crippen LogP contribution is 2.41. The third-order valence-electron chi connectivity index (χ3n) is 6.50. The molecule has 0 aromatic carbocycles. The normalized spacial score (nSPS) is 21.4. The van der Waals surface area contributed by atoms with E-state index in [2.05, 4.69) is 103 Å². The molecule has 0 aliphatic carbocycles. The Bertz CT molecular complexity index is 1080. The first-order chi connectivity index (χ1) is 17.1. The fourth-order valence-corrected chi connectivity index (χ4v) is 7.33. The molecule has 2 aromatic rings. The zero-order valence-corrected chi connectivity index (χ0v) is 28.5. The van der Waals surface area contributed by atoms with Gasteiger partial charge in [0.05, 0.1) is 24.4 Å². The molecule has 12 heteroatoms. The molecule has 0 spiro atoms. The lowest BCUT2D eigenvalue weighted by Gasteiger charge is -2.37. The number of hydrogen-bond acceptors (Lipinski definition) is 8. The van der Waals surface area contributed by atoms with Crippen LogP contribution in [0.1, 0.15) is 54.2 Å². The predicted molar refractivity (Wildman–Crippen MR) is 168 cm³/mol. The summed E-state index contributed by atoms with van der Waals surface area (Å²) in [4.78, 5) is 15.5. The van der Waals surface area contributed by atoms with Crippen LogP contribution in [0.3, 0.4) is 0 Å². The van der Waals surface area contributed by atoms with E-state index in [9.17, 15) is 0 Å². The SMILES string of the molecule is CN(C)C=Nc1ncnc2c1c(I)cn2[C@H]1CC(OCSSC(C)(C)C)[C@@H](CO[Si](C)(C)C(C)(C)C)O1. The maximum absolute atomic E-state index is 6.63. The molecule has 3 atom stereocenters. The molecular weight excluding hydrogens is 637 g/mol. The van der Waals surface area contributed by atoms with Gasteiger partial charge in [0, 0.05) is 35.0 Å². The van der Waals surface area contributed by atoms with Crippen LogP contribution >= 0.6 is 44.2 Å². The highest BCUT2D eigenvalue weighted by atomic mass is 127. The summed E-state index contributed by atoms with van der Waals surface area (Å²) in [6, 6.07) is 0. The van der Waals surface area contributed by atoms with Gasteiger partial charge in [-0.15, -0.1) is 0 Å². The van der Waals surface area contributed by atoms with E-state index in [0.29, 0.717) is 18.4 Å². The number of rotatable bonds is 10. The van der Waals surface area contributed by atoms with Crippen molar-refractivity contribution in [3.05, 3.63) is 16.1 Å². The molecule has 1 saturated heterocycles. The molecule has 3 heterocycles. The van der Waals surface area contributed by atoms with E-state index in [-0.39, 0.29) is 28.2 Å². The second-order valence-electron chi connectivity index (χ2n) is 12.1. The van der Waals surface area contributed by atoms with Gasteiger partial charge in [-0.05, 0) is 40.7 Å².